The number of ketones is 2. The van der Waals surface area contributed by atoms with Gasteiger partial charge in [-0.15, -0.1) is 0 Å². The molecule has 1 aliphatic carbocycles. The van der Waals surface area contributed by atoms with Crippen LogP contribution in [0.2, 0.25) is 0 Å². The molecule has 174 valence electrons. The summed E-state index contributed by atoms with van der Waals surface area (Å²) >= 11 is 0. The monoisotopic (exact) mass is 454 g/mol. The van der Waals surface area contributed by atoms with E-state index in [1.807, 2.05) is 12.1 Å². The molecule has 1 fully saturated rings. The van der Waals surface area contributed by atoms with E-state index in [1.165, 1.54) is 0 Å². The Morgan fingerprint density at radius 3 is 2.09 bits per heavy atom. The van der Waals surface area contributed by atoms with Gasteiger partial charge in [0.1, 0.15) is 11.4 Å². The summed E-state index contributed by atoms with van der Waals surface area (Å²) in [6.07, 6.45) is 0. The topological polar surface area (TPSA) is 164 Å². The molecule has 8 N–H and O–H groups in total. The molecule has 0 saturated carbocycles. The zero-order valence-corrected chi connectivity index (χ0v) is 18.2. The molecule has 1 heterocycles. The number of carbonyl (C=O) groups excluding carboxylic acids is 2. The van der Waals surface area contributed by atoms with Crippen LogP contribution in [-0.2, 0) is 0 Å². The van der Waals surface area contributed by atoms with Crippen LogP contribution >= 0.6 is 0 Å². The molecular formula is C23H28N5O5+. The fraction of sp³-hybridized carbons (Fsp3) is 0.261. The summed E-state index contributed by atoms with van der Waals surface area (Å²) in [7, 11) is 0. The average molecular weight is 455 g/mol. The van der Waals surface area contributed by atoms with Crippen LogP contribution < -0.4 is 21.8 Å². The van der Waals surface area contributed by atoms with Crippen molar-refractivity contribution in [3.05, 3.63) is 76.6 Å². The number of rotatable bonds is 6. The second-order valence-electron chi connectivity index (χ2n) is 7.60. The molecule has 0 aromatic heterocycles. The van der Waals surface area contributed by atoms with E-state index < -0.39 is 5.97 Å². The first kappa shape index (κ1) is 23.9. The largest absolute Gasteiger partial charge is 0.478 e. The van der Waals surface area contributed by atoms with Gasteiger partial charge in [-0.3, -0.25) is 14.5 Å². The number of carboxylic acid groups (broad SMARTS) is 1. The van der Waals surface area contributed by atoms with E-state index in [-0.39, 0.29) is 28.5 Å². The third-order valence-corrected chi connectivity index (χ3v) is 5.74. The van der Waals surface area contributed by atoms with Crippen molar-refractivity contribution < 1.29 is 30.6 Å². The summed E-state index contributed by atoms with van der Waals surface area (Å²) in [6, 6.07) is 13.6. The van der Waals surface area contributed by atoms with Gasteiger partial charge in [-0.25, -0.2) is 15.9 Å². The number of nitrogens with zero attached hydrogens (tertiary/aromatic N) is 2. The van der Waals surface area contributed by atoms with E-state index in [4.69, 9.17) is 16.0 Å². The minimum Gasteiger partial charge on any atom is -0.478 e. The summed E-state index contributed by atoms with van der Waals surface area (Å²) < 4.78 is 0. The third kappa shape index (κ3) is 5.20. The second-order valence-corrected chi connectivity index (χ2v) is 7.60. The predicted molar refractivity (Wildman–Crippen MR) is 121 cm³/mol. The van der Waals surface area contributed by atoms with Crippen molar-refractivity contribution in [3.8, 4) is 0 Å². The molecule has 2 aromatic carbocycles. The lowest BCUT2D eigenvalue weighted by Gasteiger charge is -2.36. The van der Waals surface area contributed by atoms with Crippen LogP contribution in [-0.4, -0.2) is 72.0 Å². The zero-order valence-electron chi connectivity index (χ0n) is 18.2. The number of hydrogen-bond donors (Lipinski definition) is 5. The number of piperazine rings is 1. The number of allylic oxidation sites excluding steroid dienone is 2. The number of aromatic carboxylic acids is 1. The first-order valence-corrected chi connectivity index (χ1v) is 10.5. The molecule has 4 rings (SSSR count). The molecule has 0 unspecified atom stereocenters. The number of hydrogen-bond acceptors (Lipinski definition) is 8. The molecule has 33 heavy (non-hydrogen) atoms. The molecule has 0 amide bonds. The summed E-state index contributed by atoms with van der Waals surface area (Å²) in [4.78, 5) is 40.6. The molecule has 0 bridgehead atoms. The number of carboxylic acids is 1. The Bertz CT molecular complexity index is 1060. The van der Waals surface area contributed by atoms with Crippen LogP contribution in [0.5, 0.6) is 0 Å². The van der Waals surface area contributed by atoms with Crippen LogP contribution in [0, 0.1) is 0 Å². The molecule has 1 saturated heterocycles. The minimum absolute atomic E-state index is 0.0293. The first-order valence-electron chi connectivity index (χ1n) is 10.5. The molecular weight excluding hydrogens is 426 g/mol. The van der Waals surface area contributed by atoms with Gasteiger partial charge < -0.3 is 21.1 Å². The summed E-state index contributed by atoms with van der Waals surface area (Å²) in [5.74, 6) is 0.754. The Morgan fingerprint density at radius 1 is 0.939 bits per heavy atom. The number of Topliss-reactive ketones (excluding diaryl/α,β-unsaturated/α-hetero) is 2. The van der Waals surface area contributed by atoms with Gasteiger partial charge in [0.05, 0.1) is 5.56 Å². The van der Waals surface area contributed by atoms with E-state index in [2.05, 4.69) is 21.0 Å². The quantitative estimate of drug-likeness (QED) is 0.377. The number of anilines is 1. The Morgan fingerprint density at radius 2 is 1.52 bits per heavy atom. The molecule has 0 atom stereocenters. The predicted octanol–water partition coefficient (Wildman–Crippen LogP) is -0.0366. The maximum Gasteiger partial charge on any atom is 0.335 e. The highest BCUT2D eigenvalue weighted by molar-refractivity contribution is 6.26. The maximum atomic E-state index is 12.7. The van der Waals surface area contributed by atoms with Crippen molar-refractivity contribution >= 4 is 23.2 Å². The molecule has 2 aliphatic rings. The van der Waals surface area contributed by atoms with E-state index in [1.54, 1.807) is 36.4 Å². The number of nitrogens with one attached hydrogen (secondary N) is 1. The molecule has 10 heteroatoms. The lowest BCUT2D eigenvalue weighted by Crippen LogP contribution is -2.48. The lowest BCUT2D eigenvalue weighted by molar-refractivity contribution is -0.670. The standard InChI is InChI=1S/C23H24N4O4.H4NO/c24-19-20(22(29)18-4-2-1-3-17(18)21(19)28)25-9-10-26-11-13-27(14-12-26)16-7-5-15(6-8-16)23(30)31;1-2/h1-8,25H,9-14,24H2,(H,30,31);2H,1H3/q;+1. The van der Waals surface area contributed by atoms with E-state index in [9.17, 15) is 14.4 Å². The SMILES string of the molecule is NC1=C(NCCN2CCN(c3ccc(C(=O)O)cc3)CC2)C(=O)c2ccccc2C1=O.[NH3+]O. The Kier molecular flexibility index (Phi) is 7.78. The van der Waals surface area contributed by atoms with Gasteiger partial charge in [0, 0.05) is 56.1 Å². The Hall–Kier alpha value is -3.73. The van der Waals surface area contributed by atoms with Crippen molar-refractivity contribution in [2.24, 2.45) is 5.73 Å². The molecule has 10 nitrogen and oxygen atoms in total. The number of carbonyl (C=O) groups is 3. The molecule has 2 aromatic rings. The van der Waals surface area contributed by atoms with Crippen molar-refractivity contribution in [3.63, 3.8) is 0 Å². The number of benzene rings is 2. The van der Waals surface area contributed by atoms with E-state index in [0.29, 0.717) is 24.2 Å². The second kappa shape index (κ2) is 10.7. The zero-order chi connectivity index (χ0) is 24.0. The molecule has 0 radical (unpaired) electrons. The van der Waals surface area contributed by atoms with Crippen LogP contribution in [0.3, 0.4) is 0 Å². The van der Waals surface area contributed by atoms with E-state index >= 15 is 0 Å². The van der Waals surface area contributed by atoms with Crippen molar-refractivity contribution in [2.75, 3.05) is 44.2 Å². The van der Waals surface area contributed by atoms with Gasteiger partial charge in [-0.05, 0) is 24.3 Å². The number of nitrogens with two attached hydrogens (primary N) is 1. The van der Waals surface area contributed by atoms with Crippen molar-refractivity contribution in [2.45, 2.75) is 0 Å². The van der Waals surface area contributed by atoms with Crippen LogP contribution in [0.25, 0.3) is 0 Å². The number of fused-ring (bicyclic) bond motifs is 1. The highest BCUT2D eigenvalue weighted by Gasteiger charge is 2.30. The highest BCUT2D eigenvalue weighted by Crippen LogP contribution is 2.22. The van der Waals surface area contributed by atoms with Gasteiger partial charge in [-0.2, -0.15) is 0 Å². The summed E-state index contributed by atoms with van der Waals surface area (Å²) in [5.41, 5.74) is 8.12. The van der Waals surface area contributed by atoms with Gasteiger partial charge in [-0.1, -0.05) is 24.3 Å². The minimum atomic E-state index is -0.929. The highest BCUT2D eigenvalue weighted by atomic mass is 16.4. The van der Waals surface area contributed by atoms with Gasteiger partial charge in [0.25, 0.3) is 0 Å². The van der Waals surface area contributed by atoms with Crippen molar-refractivity contribution in [1.82, 2.24) is 10.2 Å². The smallest absolute Gasteiger partial charge is 0.335 e. The summed E-state index contributed by atoms with van der Waals surface area (Å²) in [5, 5.41) is 18.8. The average Bonchev–Trinajstić information content (AvgIpc) is 2.86. The van der Waals surface area contributed by atoms with Crippen LogP contribution in [0.15, 0.2) is 59.9 Å². The molecule has 1 aliphatic heterocycles. The van der Waals surface area contributed by atoms with Gasteiger partial charge in [0.2, 0.25) is 11.6 Å². The summed E-state index contributed by atoms with van der Waals surface area (Å²) in [6.45, 7) is 4.54. The maximum absolute atomic E-state index is 12.7. The number of quaternary nitrogens is 1. The fourth-order valence-electron chi connectivity index (χ4n) is 3.95. The van der Waals surface area contributed by atoms with Gasteiger partial charge >= 0.3 is 5.97 Å². The van der Waals surface area contributed by atoms with Crippen LogP contribution in [0.4, 0.5) is 5.69 Å². The third-order valence-electron chi connectivity index (χ3n) is 5.74. The Labute approximate surface area is 191 Å². The molecule has 0 spiro atoms. The normalized spacial score (nSPS) is 16.1. The fourth-order valence-corrected chi connectivity index (χ4v) is 3.95. The Balaban J connectivity index is 0.00000149. The van der Waals surface area contributed by atoms with Crippen LogP contribution in [0.1, 0.15) is 31.1 Å². The van der Waals surface area contributed by atoms with Crippen molar-refractivity contribution in [1.29, 1.82) is 0 Å². The lowest BCUT2D eigenvalue weighted by atomic mass is 9.90. The van der Waals surface area contributed by atoms with E-state index in [0.717, 1.165) is 31.9 Å². The first-order chi connectivity index (χ1) is 16.0. The van der Waals surface area contributed by atoms with Gasteiger partial charge in [0.15, 0.2) is 0 Å².